The Morgan fingerprint density at radius 1 is 1.23 bits per heavy atom. The molecule has 0 radical (unpaired) electrons. The number of aromatic nitrogens is 2. The van der Waals surface area contributed by atoms with Gasteiger partial charge in [0.1, 0.15) is 12.1 Å². The number of carbonyl (C=O) groups excluding carboxylic acids is 2. The van der Waals surface area contributed by atoms with E-state index in [-0.39, 0.29) is 18.9 Å². The molecule has 0 aliphatic carbocycles. The van der Waals surface area contributed by atoms with Gasteiger partial charge in [-0.05, 0) is 51.5 Å². The van der Waals surface area contributed by atoms with E-state index in [1.165, 1.54) is 0 Å². The van der Waals surface area contributed by atoms with Gasteiger partial charge in [0.05, 0.1) is 0 Å². The summed E-state index contributed by atoms with van der Waals surface area (Å²) in [4.78, 5) is 27.6. The molecule has 2 rings (SSSR count). The van der Waals surface area contributed by atoms with Gasteiger partial charge in [-0.3, -0.25) is 9.59 Å². The van der Waals surface area contributed by atoms with Crippen LogP contribution in [0.2, 0.25) is 5.02 Å². The Hall–Kier alpha value is -2.41. The Bertz CT molecular complexity index is 751. The largest absolute Gasteiger partial charge is 0.459 e. The summed E-state index contributed by atoms with van der Waals surface area (Å²) in [5.41, 5.74) is 0.237. The third-order valence-electron chi connectivity index (χ3n) is 3.21. The second kappa shape index (κ2) is 8.80. The van der Waals surface area contributed by atoms with E-state index in [0.29, 0.717) is 29.6 Å². The molecule has 0 saturated heterocycles. The van der Waals surface area contributed by atoms with Crippen molar-refractivity contribution in [1.29, 1.82) is 0 Å². The molecule has 0 fully saturated rings. The fraction of sp³-hybridized carbons (Fsp3) is 0.444. The molecule has 0 bridgehead atoms. The number of hydrogen-bond donors (Lipinski definition) is 1. The van der Waals surface area contributed by atoms with Crippen LogP contribution in [0, 0.1) is 0 Å². The molecular formula is C18H22ClN3O4. The van der Waals surface area contributed by atoms with Gasteiger partial charge in [-0.1, -0.05) is 16.8 Å². The highest BCUT2D eigenvalue weighted by molar-refractivity contribution is 6.30. The van der Waals surface area contributed by atoms with Gasteiger partial charge in [0.15, 0.2) is 0 Å². The molecule has 1 N–H and O–H groups in total. The third-order valence-corrected chi connectivity index (χ3v) is 3.47. The molecule has 0 aliphatic rings. The maximum atomic E-state index is 11.8. The van der Waals surface area contributed by atoms with Crippen LogP contribution in [0.25, 0.3) is 11.4 Å². The van der Waals surface area contributed by atoms with E-state index in [1.54, 1.807) is 45.0 Å². The lowest BCUT2D eigenvalue weighted by Crippen LogP contribution is -2.34. The summed E-state index contributed by atoms with van der Waals surface area (Å²) in [5.74, 6) is 0.240. The number of hydrogen-bond acceptors (Lipinski definition) is 6. The molecule has 7 nitrogen and oxygen atoms in total. The average molecular weight is 380 g/mol. The summed E-state index contributed by atoms with van der Waals surface area (Å²) >= 11 is 5.85. The van der Waals surface area contributed by atoms with Crippen molar-refractivity contribution < 1.29 is 18.8 Å². The minimum atomic E-state index is -0.568. The number of carbonyl (C=O) groups is 2. The summed E-state index contributed by atoms with van der Waals surface area (Å²) in [6, 6.07) is 7.12. The SMILES string of the molecule is CC(C)(C)OC(=O)CNC(=O)CCCc1nc(-c2ccc(Cl)cc2)no1. The summed E-state index contributed by atoms with van der Waals surface area (Å²) < 4.78 is 10.3. The number of aryl methyl sites for hydroxylation is 1. The number of halogens is 1. The molecule has 0 spiro atoms. The molecule has 0 saturated carbocycles. The van der Waals surface area contributed by atoms with Gasteiger partial charge >= 0.3 is 5.97 Å². The van der Waals surface area contributed by atoms with E-state index in [4.69, 9.17) is 20.9 Å². The smallest absolute Gasteiger partial charge is 0.325 e. The molecule has 2 aromatic rings. The van der Waals surface area contributed by atoms with Crippen LogP contribution in [0.15, 0.2) is 28.8 Å². The van der Waals surface area contributed by atoms with Crippen LogP contribution < -0.4 is 5.32 Å². The van der Waals surface area contributed by atoms with Crippen molar-refractivity contribution in [3.05, 3.63) is 35.2 Å². The first-order chi connectivity index (χ1) is 12.2. The maximum absolute atomic E-state index is 11.8. The van der Waals surface area contributed by atoms with Gasteiger partial charge < -0.3 is 14.6 Å². The predicted molar refractivity (Wildman–Crippen MR) is 96.5 cm³/mol. The van der Waals surface area contributed by atoms with Crippen LogP contribution in [-0.4, -0.2) is 34.2 Å². The second-order valence-corrected chi connectivity index (χ2v) is 7.17. The highest BCUT2D eigenvalue weighted by Crippen LogP contribution is 2.19. The Morgan fingerprint density at radius 2 is 1.92 bits per heavy atom. The van der Waals surface area contributed by atoms with Crippen molar-refractivity contribution in [3.8, 4) is 11.4 Å². The van der Waals surface area contributed by atoms with Gasteiger partial charge in [-0.25, -0.2) is 0 Å². The Balaban J connectivity index is 1.72. The van der Waals surface area contributed by atoms with Gasteiger partial charge in [-0.15, -0.1) is 0 Å². The van der Waals surface area contributed by atoms with Crippen molar-refractivity contribution in [3.63, 3.8) is 0 Å². The normalized spacial score (nSPS) is 11.2. The first-order valence-electron chi connectivity index (χ1n) is 8.30. The lowest BCUT2D eigenvalue weighted by atomic mass is 10.2. The zero-order valence-corrected chi connectivity index (χ0v) is 15.8. The molecule has 1 aromatic heterocycles. The lowest BCUT2D eigenvalue weighted by Gasteiger charge is -2.19. The van der Waals surface area contributed by atoms with Crippen LogP contribution in [0.5, 0.6) is 0 Å². The fourth-order valence-electron chi connectivity index (χ4n) is 2.11. The highest BCUT2D eigenvalue weighted by Gasteiger charge is 2.16. The van der Waals surface area contributed by atoms with Crippen molar-refractivity contribution in [2.45, 2.75) is 45.6 Å². The quantitative estimate of drug-likeness (QED) is 0.742. The number of esters is 1. The number of ether oxygens (including phenoxy) is 1. The van der Waals surface area contributed by atoms with E-state index in [2.05, 4.69) is 15.5 Å². The van der Waals surface area contributed by atoms with Crippen LogP contribution in [0.4, 0.5) is 0 Å². The van der Waals surface area contributed by atoms with Crippen LogP contribution in [-0.2, 0) is 20.7 Å². The van der Waals surface area contributed by atoms with E-state index in [1.807, 2.05) is 0 Å². The van der Waals surface area contributed by atoms with E-state index < -0.39 is 11.6 Å². The highest BCUT2D eigenvalue weighted by atomic mass is 35.5. The molecule has 0 aliphatic heterocycles. The van der Waals surface area contributed by atoms with Crippen LogP contribution in [0.1, 0.15) is 39.5 Å². The topological polar surface area (TPSA) is 94.3 Å². The van der Waals surface area contributed by atoms with E-state index in [0.717, 1.165) is 5.56 Å². The Morgan fingerprint density at radius 3 is 2.58 bits per heavy atom. The monoisotopic (exact) mass is 379 g/mol. The molecule has 0 unspecified atom stereocenters. The fourth-order valence-corrected chi connectivity index (χ4v) is 2.24. The molecule has 0 atom stereocenters. The van der Waals surface area contributed by atoms with E-state index >= 15 is 0 Å². The summed E-state index contributed by atoms with van der Waals surface area (Å²) in [5, 5.41) is 7.09. The van der Waals surface area contributed by atoms with Crippen molar-refractivity contribution in [2.24, 2.45) is 0 Å². The Labute approximate surface area is 157 Å². The molecule has 26 heavy (non-hydrogen) atoms. The average Bonchev–Trinajstić information content (AvgIpc) is 3.01. The van der Waals surface area contributed by atoms with Crippen LogP contribution in [0.3, 0.4) is 0 Å². The van der Waals surface area contributed by atoms with Crippen molar-refractivity contribution in [1.82, 2.24) is 15.5 Å². The molecule has 140 valence electrons. The first kappa shape index (κ1) is 19.9. The second-order valence-electron chi connectivity index (χ2n) is 6.74. The first-order valence-corrected chi connectivity index (χ1v) is 8.68. The lowest BCUT2D eigenvalue weighted by molar-refractivity contribution is -0.154. The number of nitrogens with one attached hydrogen (secondary N) is 1. The predicted octanol–water partition coefficient (Wildman–Crippen LogP) is 3.17. The number of amides is 1. The zero-order valence-electron chi connectivity index (χ0n) is 15.0. The van der Waals surface area contributed by atoms with E-state index in [9.17, 15) is 9.59 Å². The number of nitrogens with zero attached hydrogens (tertiary/aromatic N) is 2. The van der Waals surface area contributed by atoms with Crippen LogP contribution >= 0.6 is 11.6 Å². The molecule has 1 heterocycles. The number of benzene rings is 1. The van der Waals surface area contributed by atoms with Gasteiger partial charge in [0.25, 0.3) is 0 Å². The van der Waals surface area contributed by atoms with Gasteiger partial charge in [-0.2, -0.15) is 4.98 Å². The summed E-state index contributed by atoms with van der Waals surface area (Å²) in [6.45, 7) is 5.18. The minimum Gasteiger partial charge on any atom is -0.459 e. The molecule has 1 amide bonds. The molecule has 1 aromatic carbocycles. The van der Waals surface area contributed by atoms with Crippen molar-refractivity contribution >= 4 is 23.5 Å². The molecule has 8 heteroatoms. The van der Waals surface area contributed by atoms with Crippen molar-refractivity contribution in [2.75, 3.05) is 6.54 Å². The summed E-state index contributed by atoms with van der Waals surface area (Å²) in [7, 11) is 0. The maximum Gasteiger partial charge on any atom is 0.325 e. The summed E-state index contributed by atoms with van der Waals surface area (Å²) in [6.07, 6.45) is 1.25. The van der Waals surface area contributed by atoms with Gasteiger partial charge in [0.2, 0.25) is 17.6 Å². The zero-order chi connectivity index (χ0) is 19.2. The Kier molecular flexibility index (Phi) is 6.74. The third kappa shape index (κ3) is 6.84. The molecular weight excluding hydrogens is 358 g/mol. The minimum absolute atomic E-state index is 0.141. The number of rotatable bonds is 7. The standard InChI is InChI=1S/C18H22ClN3O4/c1-18(2,3)25-16(24)11-20-14(23)5-4-6-15-21-17(22-26-15)12-7-9-13(19)10-8-12/h7-10H,4-6,11H2,1-3H3,(H,20,23). The van der Waals surface area contributed by atoms with Gasteiger partial charge in [0, 0.05) is 23.4 Å².